The minimum atomic E-state index is 0.301. The molecule has 2 heteroatoms. The molecule has 0 aromatic carbocycles. The van der Waals surface area contributed by atoms with Crippen LogP contribution in [0.1, 0.15) is 19.8 Å². The van der Waals surface area contributed by atoms with E-state index in [-0.39, 0.29) is 0 Å². The van der Waals surface area contributed by atoms with Gasteiger partial charge in [0.1, 0.15) is 0 Å². The van der Waals surface area contributed by atoms with Crippen molar-refractivity contribution in [1.29, 1.82) is 0 Å². The summed E-state index contributed by atoms with van der Waals surface area (Å²) in [5, 5.41) is 3.08. The molecule has 3 N–H and O–H groups in total. The van der Waals surface area contributed by atoms with Crippen LogP contribution >= 0.6 is 0 Å². The van der Waals surface area contributed by atoms with Gasteiger partial charge in [-0.3, -0.25) is 0 Å². The van der Waals surface area contributed by atoms with Gasteiger partial charge in [0.05, 0.1) is 0 Å². The fraction of sp³-hybridized carbons (Fsp3) is 0.714. The van der Waals surface area contributed by atoms with Crippen molar-refractivity contribution >= 4 is 0 Å². The Hall–Kier alpha value is -0.500. The second kappa shape index (κ2) is 4.39. The standard InChI is InChI=1S/C7H16N2/c1-4-5-7(9-3)6(2)8/h7,9H,2,4-5,8H2,1,3H3. The van der Waals surface area contributed by atoms with Crippen LogP contribution in [0, 0.1) is 0 Å². The first-order valence-corrected chi connectivity index (χ1v) is 3.33. The van der Waals surface area contributed by atoms with Gasteiger partial charge in [-0.1, -0.05) is 19.9 Å². The summed E-state index contributed by atoms with van der Waals surface area (Å²) in [6.45, 7) is 5.79. The molecular weight excluding hydrogens is 112 g/mol. The molecule has 0 saturated carbocycles. The topological polar surface area (TPSA) is 38.0 Å². The number of nitrogens with two attached hydrogens (primary N) is 1. The first-order chi connectivity index (χ1) is 4.22. The zero-order chi connectivity index (χ0) is 7.28. The Bertz CT molecular complexity index is 88.9. The van der Waals surface area contributed by atoms with Crippen LogP contribution in [-0.2, 0) is 0 Å². The van der Waals surface area contributed by atoms with Crippen LogP contribution in [0.3, 0.4) is 0 Å². The second-order valence-electron chi connectivity index (χ2n) is 2.20. The molecular formula is C7H16N2. The smallest absolute Gasteiger partial charge is 0.0458 e. The number of hydrogen-bond donors (Lipinski definition) is 2. The normalized spacial score (nSPS) is 13.1. The lowest BCUT2D eigenvalue weighted by molar-refractivity contribution is 0.575. The van der Waals surface area contributed by atoms with E-state index < -0.39 is 0 Å². The van der Waals surface area contributed by atoms with Gasteiger partial charge in [0.2, 0.25) is 0 Å². The third-order valence-corrected chi connectivity index (χ3v) is 1.37. The molecule has 2 nitrogen and oxygen atoms in total. The number of hydrogen-bond acceptors (Lipinski definition) is 2. The van der Waals surface area contributed by atoms with Crippen molar-refractivity contribution in [3.05, 3.63) is 12.3 Å². The summed E-state index contributed by atoms with van der Waals surface area (Å²) in [6.07, 6.45) is 2.22. The maximum absolute atomic E-state index is 5.48. The van der Waals surface area contributed by atoms with Gasteiger partial charge in [0.15, 0.2) is 0 Å². The van der Waals surface area contributed by atoms with Crippen molar-refractivity contribution in [3.8, 4) is 0 Å². The molecule has 1 unspecified atom stereocenters. The van der Waals surface area contributed by atoms with Gasteiger partial charge in [-0.2, -0.15) is 0 Å². The molecule has 0 radical (unpaired) electrons. The number of rotatable bonds is 4. The quantitative estimate of drug-likeness (QED) is 0.589. The van der Waals surface area contributed by atoms with Crippen LogP contribution in [-0.4, -0.2) is 13.1 Å². The molecule has 0 spiro atoms. The Kier molecular flexibility index (Phi) is 4.14. The molecule has 0 aromatic rings. The molecule has 0 aromatic heterocycles. The van der Waals surface area contributed by atoms with Gasteiger partial charge in [0.25, 0.3) is 0 Å². The lowest BCUT2D eigenvalue weighted by atomic mass is 10.1. The number of likely N-dealkylation sites (N-methyl/N-ethyl adjacent to an activating group) is 1. The van der Waals surface area contributed by atoms with E-state index in [1.54, 1.807) is 0 Å². The molecule has 9 heavy (non-hydrogen) atoms. The zero-order valence-corrected chi connectivity index (χ0v) is 6.28. The van der Waals surface area contributed by atoms with Gasteiger partial charge in [-0.15, -0.1) is 0 Å². The van der Waals surface area contributed by atoms with E-state index in [0.29, 0.717) is 6.04 Å². The average molecular weight is 128 g/mol. The van der Waals surface area contributed by atoms with Crippen molar-refractivity contribution in [1.82, 2.24) is 5.32 Å². The minimum absolute atomic E-state index is 0.301. The maximum atomic E-state index is 5.48. The van der Waals surface area contributed by atoms with Crippen LogP contribution in [0.15, 0.2) is 12.3 Å². The highest BCUT2D eigenvalue weighted by Crippen LogP contribution is 1.99. The first-order valence-electron chi connectivity index (χ1n) is 3.33. The summed E-state index contributed by atoms with van der Waals surface area (Å²) in [6, 6.07) is 0.301. The minimum Gasteiger partial charge on any atom is -0.401 e. The maximum Gasteiger partial charge on any atom is 0.0458 e. The molecule has 0 aliphatic heterocycles. The second-order valence-corrected chi connectivity index (χ2v) is 2.20. The van der Waals surface area contributed by atoms with Crippen LogP contribution in [0.25, 0.3) is 0 Å². The van der Waals surface area contributed by atoms with Crippen LogP contribution in [0.4, 0.5) is 0 Å². The Morgan fingerprint density at radius 1 is 1.78 bits per heavy atom. The van der Waals surface area contributed by atoms with Crippen LogP contribution < -0.4 is 11.1 Å². The van der Waals surface area contributed by atoms with Gasteiger partial charge in [0, 0.05) is 11.7 Å². The van der Waals surface area contributed by atoms with Crippen molar-refractivity contribution in [3.63, 3.8) is 0 Å². The third-order valence-electron chi connectivity index (χ3n) is 1.37. The molecule has 54 valence electrons. The van der Waals surface area contributed by atoms with E-state index in [1.165, 1.54) is 0 Å². The van der Waals surface area contributed by atoms with Gasteiger partial charge >= 0.3 is 0 Å². The van der Waals surface area contributed by atoms with E-state index in [4.69, 9.17) is 5.73 Å². The van der Waals surface area contributed by atoms with E-state index in [9.17, 15) is 0 Å². The predicted molar refractivity (Wildman–Crippen MR) is 41.1 cm³/mol. The monoisotopic (exact) mass is 128 g/mol. The molecule has 0 saturated heterocycles. The van der Waals surface area contributed by atoms with Crippen molar-refractivity contribution in [2.24, 2.45) is 5.73 Å². The lowest BCUT2D eigenvalue weighted by Crippen LogP contribution is -2.30. The summed E-state index contributed by atoms with van der Waals surface area (Å²) in [5.74, 6) is 0. The third kappa shape index (κ3) is 3.14. The summed E-state index contributed by atoms with van der Waals surface area (Å²) in [7, 11) is 1.90. The molecule has 0 aliphatic rings. The summed E-state index contributed by atoms with van der Waals surface area (Å²) >= 11 is 0. The molecule has 0 bridgehead atoms. The molecule has 0 heterocycles. The van der Waals surface area contributed by atoms with Crippen LogP contribution in [0.5, 0.6) is 0 Å². The molecule has 0 amide bonds. The Labute approximate surface area is 57.1 Å². The zero-order valence-electron chi connectivity index (χ0n) is 6.28. The molecule has 1 atom stereocenters. The van der Waals surface area contributed by atoms with E-state index in [2.05, 4.69) is 18.8 Å². The highest BCUT2D eigenvalue weighted by Gasteiger charge is 2.03. The fourth-order valence-electron chi connectivity index (χ4n) is 0.804. The SMILES string of the molecule is C=C(N)C(CCC)NC. The molecule has 0 fully saturated rings. The summed E-state index contributed by atoms with van der Waals surface area (Å²) in [4.78, 5) is 0. The van der Waals surface area contributed by atoms with Gasteiger partial charge in [-0.05, 0) is 13.5 Å². The average Bonchev–Trinajstić information content (AvgIpc) is 1.82. The Balaban J connectivity index is 3.54. The summed E-state index contributed by atoms with van der Waals surface area (Å²) in [5.41, 5.74) is 6.21. The van der Waals surface area contributed by atoms with Crippen molar-refractivity contribution in [2.45, 2.75) is 25.8 Å². The largest absolute Gasteiger partial charge is 0.401 e. The highest BCUT2D eigenvalue weighted by molar-refractivity contribution is 4.98. The fourth-order valence-corrected chi connectivity index (χ4v) is 0.804. The molecule has 0 aliphatic carbocycles. The van der Waals surface area contributed by atoms with Crippen molar-refractivity contribution < 1.29 is 0 Å². The Morgan fingerprint density at radius 3 is 2.44 bits per heavy atom. The van der Waals surface area contributed by atoms with Gasteiger partial charge < -0.3 is 11.1 Å². The first kappa shape index (κ1) is 8.50. The predicted octanol–water partition coefficient (Wildman–Crippen LogP) is 0.847. The number of nitrogens with one attached hydrogen (secondary N) is 1. The Morgan fingerprint density at radius 2 is 2.33 bits per heavy atom. The molecule has 0 rings (SSSR count). The van der Waals surface area contributed by atoms with Crippen LogP contribution in [0.2, 0.25) is 0 Å². The lowest BCUT2D eigenvalue weighted by Gasteiger charge is -2.13. The highest BCUT2D eigenvalue weighted by atomic mass is 14.9. The summed E-state index contributed by atoms with van der Waals surface area (Å²) < 4.78 is 0. The van der Waals surface area contributed by atoms with Gasteiger partial charge in [-0.25, -0.2) is 0 Å². The van der Waals surface area contributed by atoms with E-state index in [1.807, 2.05) is 7.05 Å². The van der Waals surface area contributed by atoms with E-state index >= 15 is 0 Å². The van der Waals surface area contributed by atoms with E-state index in [0.717, 1.165) is 18.5 Å². The van der Waals surface area contributed by atoms with Crippen molar-refractivity contribution in [2.75, 3.05) is 7.05 Å².